The van der Waals surface area contributed by atoms with E-state index in [1.54, 1.807) is 0 Å². The van der Waals surface area contributed by atoms with Gasteiger partial charge in [0.05, 0.1) is 11.0 Å². The maximum atomic E-state index is 12.8. The summed E-state index contributed by atoms with van der Waals surface area (Å²) in [5.74, 6) is -0.0281. The molecule has 0 radical (unpaired) electrons. The van der Waals surface area contributed by atoms with Crippen molar-refractivity contribution < 1.29 is 22.3 Å². The zero-order valence-electron chi connectivity index (χ0n) is 8.65. The summed E-state index contributed by atoms with van der Waals surface area (Å²) in [5.41, 5.74) is 0. The molecule has 0 aliphatic carbocycles. The molecule has 0 amide bonds. The van der Waals surface area contributed by atoms with Crippen LogP contribution < -0.4 is 10.1 Å². The Morgan fingerprint density at radius 1 is 1.29 bits per heavy atom. The van der Waals surface area contributed by atoms with Crippen molar-refractivity contribution in [3.63, 3.8) is 0 Å². The fourth-order valence-corrected chi connectivity index (χ4v) is 1.40. The van der Waals surface area contributed by atoms with Crippen molar-refractivity contribution in [3.8, 4) is 5.75 Å². The fraction of sp³-hybridized carbons (Fsp3) is 0.400. The average molecular weight is 316 g/mol. The first-order valence-electron chi connectivity index (χ1n) is 4.74. The van der Waals surface area contributed by atoms with Crippen LogP contribution >= 0.6 is 15.9 Å². The number of benzene rings is 1. The number of ether oxygens (including phenoxy) is 1. The lowest BCUT2D eigenvalue weighted by Gasteiger charge is -2.09. The molecule has 7 heteroatoms. The molecule has 1 rings (SSSR count). The Labute approximate surface area is 104 Å². The lowest BCUT2D eigenvalue weighted by molar-refractivity contribution is -0.124. The summed E-state index contributed by atoms with van der Waals surface area (Å²) in [6.45, 7) is -0.911. The van der Waals surface area contributed by atoms with Gasteiger partial charge in [-0.15, -0.1) is 0 Å². The topological polar surface area (TPSA) is 21.3 Å². The van der Waals surface area contributed by atoms with Crippen molar-refractivity contribution in [2.24, 2.45) is 0 Å². The minimum atomic E-state index is -4.22. The van der Waals surface area contributed by atoms with E-state index in [-0.39, 0.29) is 17.6 Å². The van der Waals surface area contributed by atoms with E-state index in [0.717, 1.165) is 0 Å². The fourth-order valence-electron chi connectivity index (χ4n) is 1.04. The molecule has 0 atom stereocenters. The van der Waals surface area contributed by atoms with Gasteiger partial charge in [-0.05, 0) is 34.1 Å². The highest BCUT2D eigenvalue weighted by atomic mass is 79.9. The monoisotopic (exact) mass is 315 g/mol. The summed E-state index contributed by atoms with van der Waals surface area (Å²) >= 11 is 2.98. The van der Waals surface area contributed by atoms with E-state index in [4.69, 9.17) is 4.74 Å². The molecule has 0 heterocycles. The van der Waals surface area contributed by atoms with Gasteiger partial charge >= 0.3 is 6.18 Å². The van der Waals surface area contributed by atoms with Crippen LogP contribution in [0.2, 0.25) is 0 Å². The summed E-state index contributed by atoms with van der Waals surface area (Å²) in [6.07, 6.45) is -4.22. The van der Waals surface area contributed by atoms with E-state index < -0.39 is 18.5 Å². The molecule has 17 heavy (non-hydrogen) atoms. The van der Waals surface area contributed by atoms with Gasteiger partial charge in [-0.3, -0.25) is 0 Å². The zero-order chi connectivity index (χ0) is 12.9. The molecule has 1 aromatic rings. The van der Waals surface area contributed by atoms with Gasteiger partial charge in [0.15, 0.2) is 0 Å². The number of hydrogen-bond donors (Lipinski definition) is 1. The number of alkyl halides is 3. The molecule has 0 unspecified atom stereocenters. The van der Waals surface area contributed by atoms with Crippen LogP contribution in [-0.2, 0) is 0 Å². The van der Waals surface area contributed by atoms with Gasteiger partial charge in [0.1, 0.15) is 18.2 Å². The van der Waals surface area contributed by atoms with Crippen LogP contribution in [0.15, 0.2) is 22.7 Å². The van der Waals surface area contributed by atoms with Crippen molar-refractivity contribution in [2.45, 2.75) is 6.18 Å². The minimum Gasteiger partial charge on any atom is -0.492 e. The molecule has 0 aliphatic rings. The van der Waals surface area contributed by atoms with Crippen LogP contribution in [-0.4, -0.2) is 25.9 Å². The second kappa shape index (κ2) is 6.20. The second-order valence-electron chi connectivity index (χ2n) is 3.22. The smallest absolute Gasteiger partial charge is 0.401 e. The van der Waals surface area contributed by atoms with Gasteiger partial charge in [-0.1, -0.05) is 0 Å². The lowest BCUT2D eigenvalue weighted by atomic mass is 10.3. The van der Waals surface area contributed by atoms with E-state index in [9.17, 15) is 17.6 Å². The molecular formula is C10H10BrF4NO. The van der Waals surface area contributed by atoms with E-state index in [1.165, 1.54) is 18.2 Å². The first-order valence-corrected chi connectivity index (χ1v) is 5.53. The zero-order valence-corrected chi connectivity index (χ0v) is 10.2. The molecule has 2 nitrogen and oxygen atoms in total. The summed E-state index contributed by atoms with van der Waals surface area (Å²) < 4.78 is 53.5. The Morgan fingerprint density at radius 3 is 2.59 bits per heavy atom. The maximum absolute atomic E-state index is 12.8. The van der Waals surface area contributed by atoms with E-state index >= 15 is 0 Å². The minimum absolute atomic E-state index is 0.0640. The highest BCUT2D eigenvalue weighted by Crippen LogP contribution is 2.21. The molecule has 0 aliphatic heterocycles. The molecule has 0 bridgehead atoms. The van der Waals surface area contributed by atoms with Gasteiger partial charge < -0.3 is 10.1 Å². The molecule has 0 aromatic heterocycles. The van der Waals surface area contributed by atoms with Crippen molar-refractivity contribution in [1.29, 1.82) is 0 Å². The predicted molar refractivity (Wildman–Crippen MR) is 58.5 cm³/mol. The lowest BCUT2D eigenvalue weighted by Crippen LogP contribution is -2.31. The highest BCUT2D eigenvalue weighted by Gasteiger charge is 2.25. The predicted octanol–water partition coefficient (Wildman–Crippen LogP) is 3.12. The quantitative estimate of drug-likeness (QED) is 0.666. The third-order valence-corrected chi connectivity index (χ3v) is 2.37. The Bertz CT molecular complexity index is 370. The SMILES string of the molecule is Fc1ccc(OCCNCC(F)(F)F)cc1Br. The summed E-state index contributed by atoms with van der Waals surface area (Å²) in [5, 5.41) is 2.19. The van der Waals surface area contributed by atoms with Crippen molar-refractivity contribution >= 4 is 15.9 Å². The van der Waals surface area contributed by atoms with E-state index in [1.807, 2.05) is 0 Å². The number of nitrogens with one attached hydrogen (secondary N) is 1. The third kappa shape index (κ3) is 5.88. The molecule has 0 spiro atoms. The van der Waals surface area contributed by atoms with Crippen LogP contribution in [0.25, 0.3) is 0 Å². The Morgan fingerprint density at radius 2 is 2.00 bits per heavy atom. The van der Waals surface area contributed by atoms with Gasteiger partial charge in [0, 0.05) is 6.54 Å². The van der Waals surface area contributed by atoms with E-state index in [2.05, 4.69) is 21.2 Å². The third-order valence-electron chi connectivity index (χ3n) is 1.76. The Hall–Kier alpha value is -0.820. The number of rotatable bonds is 5. The number of hydrogen-bond acceptors (Lipinski definition) is 2. The molecule has 0 saturated carbocycles. The van der Waals surface area contributed by atoms with Crippen LogP contribution in [0, 0.1) is 5.82 Å². The summed E-state index contributed by atoms with van der Waals surface area (Å²) in [6, 6.07) is 4.03. The average Bonchev–Trinajstić information content (AvgIpc) is 2.21. The molecule has 0 fully saturated rings. The molecule has 1 aromatic carbocycles. The molecule has 96 valence electrons. The van der Waals surface area contributed by atoms with Gasteiger partial charge in [-0.2, -0.15) is 13.2 Å². The van der Waals surface area contributed by atoms with E-state index in [0.29, 0.717) is 5.75 Å². The Balaban J connectivity index is 2.25. The standard InChI is InChI=1S/C10H10BrF4NO/c11-8-5-7(1-2-9(8)12)17-4-3-16-6-10(13,14)15/h1-2,5,16H,3-4,6H2. The molecular weight excluding hydrogens is 306 g/mol. The Kier molecular flexibility index (Phi) is 5.20. The van der Waals surface area contributed by atoms with Crippen LogP contribution in [0.5, 0.6) is 5.75 Å². The highest BCUT2D eigenvalue weighted by molar-refractivity contribution is 9.10. The van der Waals surface area contributed by atoms with Crippen LogP contribution in [0.3, 0.4) is 0 Å². The first-order chi connectivity index (χ1) is 7.88. The van der Waals surface area contributed by atoms with Crippen LogP contribution in [0.4, 0.5) is 17.6 Å². The van der Waals surface area contributed by atoms with Crippen LogP contribution in [0.1, 0.15) is 0 Å². The number of halogens is 5. The van der Waals surface area contributed by atoms with Gasteiger partial charge in [-0.25, -0.2) is 4.39 Å². The summed E-state index contributed by atoms with van der Waals surface area (Å²) in [7, 11) is 0. The first kappa shape index (κ1) is 14.2. The second-order valence-corrected chi connectivity index (χ2v) is 4.07. The molecule has 0 saturated heterocycles. The maximum Gasteiger partial charge on any atom is 0.401 e. The normalized spacial score (nSPS) is 11.6. The van der Waals surface area contributed by atoms with Crippen molar-refractivity contribution in [3.05, 3.63) is 28.5 Å². The largest absolute Gasteiger partial charge is 0.492 e. The van der Waals surface area contributed by atoms with Gasteiger partial charge in [0.25, 0.3) is 0 Å². The van der Waals surface area contributed by atoms with Crippen molar-refractivity contribution in [1.82, 2.24) is 5.32 Å². The van der Waals surface area contributed by atoms with Crippen molar-refractivity contribution in [2.75, 3.05) is 19.7 Å². The molecule has 1 N–H and O–H groups in total. The summed E-state index contributed by atoms with van der Waals surface area (Å²) in [4.78, 5) is 0. The van der Waals surface area contributed by atoms with Gasteiger partial charge in [0.2, 0.25) is 0 Å².